The molecule has 0 saturated carbocycles. The van der Waals surface area contributed by atoms with Crippen LogP contribution in [0, 0.1) is 5.82 Å². The molecule has 0 radical (unpaired) electrons. The topological polar surface area (TPSA) is 84.5 Å². The number of esters is 1. The molecule has 6 nitrogen and oxygen atoms in total. The molecule has 154 valence electrons. The van der Waals surface area contributed by atoms with Crippen LogP contribution in [-0.2, 0) is 32.0 Å². The van der Waals surface area contributed by atoms with Gasteiger partial charge in [-0.2, -0.15) is 0 Å². The van der Waals surface area contributed by atoms with E-state index in [0.717, 1.165) is 10.0 Å². The minimum atomic E-state index is -0.972. The van der Waals surface area contributed by atoms with Gasteiger partial charge in [0.05, 0.1) is 7.11 Å². The Hall–Kier alpha value is -2.74. The lowest BCUT2D eigenvalue weighted by Crippen LogP contribution is -2.53. The highest BCUT2D eigenvalue weighted by Gasteiger charge is 2.27. The van der Waals surface area contributed by atoms with Crippen molar-refractivity contribution in [2.45, 2.75) is 31.8 Å². The molecule has 2 atom stereocenters. The molecular formula is C21H22BrFN2O4. The van der Waals surface area contributed by atoms with Crippen LogP contribution in [-0.4, -0.2) is 37.0 Å². The molecule has 0 unspecified atom stereocenters. The molecule has 29 heavy (non-hydrogen) atoms. The van der Waals surface area contributed by atoms with Crippen molar-refractivity contribution in [1.29, 1.82) is 0 Å². The van der Waals surface area contributed by atoms with Crippen LogP contribution in [0.15, 0.2) is 53.0 Å². The number of amides is 2. The Morgan fingerprint density at radius 1 is 1.03 bits per heavy atom. The third kappa shape index (κ3) is 6.98. The average molecular weight is 465 g/mol. The molecule has 8 heteroatoms. The van der Waals surface area contributed by atoms with Gasteiger partial charge in [-0.1, -0.05) is 46.3 Å². The van der Waals surface area contributed by atoms with Gasteiger partial charge >= 0.3 is 5.97 Å². The lowest BCUT2D eigenvalue weighted by atomic mass is 10.0. The normalized spacial score (nSPS) is 12.6. The smallest absolute Gasteiger partial charge is 0.328 e. The van der Waals surface area contributed by atoms with Crippen molar-refractivity contribution in [1.82, 2.24) is 10.6 Å². The Balaban J connectivity index is 2.19. The SMILES string of the molecule is COC(=O)[C@H](Cc1ccccc1Br)NC(=O)[C@H](Cc1cccc(F)c1)NC(C)=O. The van der Waals surface area contributed by atoms with Crippen molar-refractivity contribution >= 4 is 33.7 Å². The maximum atomic E-state index is 13.5. The highest BCUT2D eigenvalue weighted by molar-refractivity contribution is 9.10. The van der Waals surface area contributed by atoms with E-state index in [-0.39, 0.29) is 12.8 Å². The van der Waals surface area contributed by atoms with Gasteiger partial charge in [-0.05, 0) is 29.3 Å². The quantitative estimate of drug-likeness (QED) is 0.587. The summed E-state index contributed by atoms with van der Waals surface area (Å²) in [4.78, 5) is 36.6. The van der Waals surface area contributed by atoms with E-state index in [1.165, 1.54) is 32.2 Å². The predicted molar refractivity (Wildman–Crippen MR) is 110 cm³/mol. The van der Waals surface area contributed by atoms with Crippen molar-refractivity contribution < 1.29 is 23.5 Å². The number of carbonyl (C=O) groups is 3. The molecule has 0 bridgehead atoms. The van der Waals surface area contributed by atoms with Gasteiger partial charge < -0.3 is 15.4 Å². The number of nitrogens with one attached hydrogen (secondary N) is 2. The summed E-state index contributed by atoms with van der Waals surface area (Å²) in [6.07, 6.45) is 0.276. The molecule has 0 aliphatic heterocycles. The van der Waals surface area contributed by atoms with Crippen molar-refractivity contribution in [3.8, 4) is 0 Å². The minimum absolute atomic E-state index is 0.0755. The molecule has 0 aromatic heterocycles. The Bertz CT molecular complexity index is 890. The van der Waals surface area contributed by atoms with E-state index in [1.807, 2.05) is 24.3 Å². The van der Waals surface area contributed by atoms with Gasteiger partial charge in [0.2, 0.25) is 11.8 Å². The summed E-state index contributed by atoms with van der Waals surface area (Å²) in [7, 11) is 1.24. The summed E-state index contributed by atoms with van der Waals surface area (Å²) in [5, 5.41) is 5.19. The van der Waals surface area contributed by atoms with Crippen molar-refractivity contribution in [3.05, 3.63) is 69.9 Å². The second kappa shape index (κ2) is 10.7. The largest absolute Gasteiger partial charge is 0.467 e. The standard InChI is InChI=1S/C21H22BrFN2O4/c1-13(26)24-18(11-14-6-5-8-16(23)10-14)20(27)25-19(21(28)29-2)12-15-7-3-4-9-17(15)22/h3-10,18-19H,11-12H2,1-2H3,(H,24,26)(H,25,27)/t18-,19-/m0/s1. The number of benzene rings is 2. The van der Waals surface area contributed by atoms with E-state index in [0.29, 0.717) is 5.56 Å². The van der Waals surface area contributed by atoms with E-state index < -0.39 is 35.7 Å². The number of methoxy groups -OCH3 is 1. The summed E-state index contributed by atoms with van der Waals surface area (Å²) in [5.41, 5.74) is 1.35. The molecule has 2 aromatic carbocycles. The second-order valence-electron chi connectivity index (χ2n) is 6.47. The molecule has 0 heterocycles. The molecule has 0 aliphatic rings. The molecule has 0 saturated heterocycles. The van der Waals surface area contributed by atoms with Gasteiger partial charge in [-0.3, -0.25) is 9.59 Å². The number of hydrogen-bond acceptors (Lipinski definition) is 4. The lowest BCUT2D eigenvalue weighted by molar-refractivity contribution is -0.145. The summed E-state index contributed by atoms with van der Waals surface area (Å²) in [6, 6.07) is 11.2. The Morgan fingerprint density at radius 3 is 2.38 bits per heavy atom. The van der Waals surface area contributed by atoms with E-state index in [1.54, 1.807) is 6.07 Å². The van der Waals surface area contributed by atoms with Gasteiger partial charge in [0.15, 0.2) is 0 Å². The fourth-order valence-electron chi connectivity index (χ4n) is 2.85. The number of rotatable bonds is 8. The van der Waals surface area contributed by atoms with E-state index >= 15 is 0 Å². The summed E-state index contributed by atoms with van der Waals surface area (Å²) >= 11 is 3.42. The first-order valence-electron chi connectivity index (χ1n) is 8.93. The molecule has 2 amide bonds. The first kappa shape index (κ1) is 22.5. The summed E-state index contributed by atoms with van der Waals surface area (Å²) in [6.45, 7) is 1.28. The zero-order valence-electron chi connectivity index (χ0n) is 16.1. The highest BCUT2D eigenvalue weighted by atomic mass is 79.9. The third-order valence-electron chi connectivity index (χ3n) is 4.21. The molecule has 0 fully saturated rings. The van der Waals surface area contributed by atoms with E-state index in [9.17, 15) is 18.8 Å². The number of ether oxygens (including phenoxy) is 1. The van der Waals surface area contributed by atoms with Gasteiger partial charge in [0, 0.05) is 24.2 Å². The number of halogens is 2. The van der Waals surface area contributed by atoms with Crippen LogP contribution in [0.5, 0.6) is 0 Å². The number of carbonyl (C=O) groups excluding carboxylic acids is 3. The van der Waals surface area contributed by atoms with Gasteiger partial charge in [0.1, 0.15) is 17.9 Å². The summed E-state index contributed by atoms with van der Waals surface area (Å²) in [5.74, 6) is -2.03. The Kier molecular flexibility index (Phi) is 8.33. The maximum Gasteiger partial charge on any atom is 0.328 e. The van der Waals surface area contributed by atoms with Crippen LogP contribution in [0.3, 0.4) is 0 Å². The highest BCUT2D eigenvalue weighted by Crippen LogP contribution is 2.18. The van der Waals surface area contributed by atoms with Crippen LogP contribution >= 0.6 is 15.9 Å². The van der Waals surface area contributed by atoms with Crippen molar-refractivity contribution in [3.63, 3.8) is 0 Å². The molecule has 2 aromatic rings. The van der Waals surface area contributed by atoms with Crippen molar-refractivity contribution in [2.75, 3.05) is 7.11 Å². The van der Waals surface area contributed by atoms with Crippen LogP contribution in [0.4, 0.5) is 4.39 Å². The molecular weight excluding hydrogens is 443 g/mol. The van der Waals surface area contributed by atoms with E-state index in [2.05, 4.69) is 26.6 Å². The molecule has 2 N–H and O–H groups in total. The first-order chi connectivity index (χ1) is 13.8. The first-order valence-corrected chi connectivity index (χ1v) is 9.72. The Labute approximate surface area is 177 Å². The fraction of sp³-hybridized carbons (Fsp3) is 0.286. The van der Waals surface area contributed by atoms with Crippen LogP contribution in [0.25, 0.3) is 0 Å². The third-order valence-corrected chi connectivity index (χ3v) is 4.98. The van der Waals surface area contributed by atoms with Gasteiger partial charge in [-0.15, -0.1) is 0 Å². The van der Waals surface area contributed by atoms with Crippen LogP contribution in [0.2, 0.25) is 0 Å². The number of hydrogen-bond donors (Lipinski definition) is 2. The molecule has 2 rings (SSSR count). The average Bonchev–Trinajstić information content (AvgIpc) is 2.67. The zero-order chi connectivity index (χ0) is 21.4. The fourth-order valence-corrected chi connectivity index (χ4v) is 3.29. The predicted octanol–water partition coefficient (Wildman–Crippen LogP) is 2.54. The maximum absolute atomic E-state index is 13.5. The van der Waals surface area contributed by atoms with Crippen LogP contribution < -0.4 is 10.6 Å². The van der Waals surface area contributed by atoms with Gasteiger partial charge in [0.25, 0.3) is 0 Å². The molecule has 0 spiro atoms. The molecule has 0 aliphatic carbocycles. The zero-order valence-corrected chi connectivity index (χ0v) is 17.7. The second-order valence-corrected chi connectivity index (χ2v) is 7.32. The van der Waals surface area contributed by atoms with Crippen molar-refractivity contribution in [2.24, 2.45) is 0 Å². The summed E-state index contributed by atoms with van der Waals surface area (Å²) < 4.78 is 19.1. The Morgan fingerprint density at radius 2 is 1.76 bits per heavy atom. The minimum Gasteiger partial charge on any atom is -0.467 e. The monoisotopic (exact) mass is 464 g/mol. The van der Waals surface area contributed by atoms with E-state index in [4.69, 9.17) is 4.74 Å². The lowest BCUT2D eigenvalue weighted by Gasteiger charge is -2.22. The van der Waals surface area contributed by atoms with Gasteiger partial charge in [-0.25, -0.2) is 9.18 Å². The van der Waals surface area contributed by atoms with Crippen LogP contribution in [0.1, 0.15) is 18.1 Å².